The van der Waals surface area contributed by atoms with Gasteiger partial charge in [0.25, 0.3) is 0 Å². The molecule has 0 aromatic heterocycles. The fraction of sp³-hybridized carbons (Fsp3) is 0.167. The van der Waals surface area contributed by atoms with Crippen LogP contribution in [0.3, 0.4) is 0 Å². The Bertz CT molecular complexity index is 1320. The van der Waals surface area contributed by atoms with Gasteiger partial charge in [-0.3, -0.25) is 4.79 Å². The molecule has 1 aliphatic rings. The van der Waals surface area contributed by atoms with E-state index in [-0.39, 0.29) is 5.91 Å². The monoisotopic (exact) mass is 449 g/mol. The number of carbonyl (C=O) groups excluding carboxylic acids is 1. The summed E-state index contributed by atoms with van der Waals surface area (Å²) >= 11 is 0. The molecule has 4 heteroatoms. The second-order valence-corrected chi connectivity index (χ2v) is 8.68. The third kappa shape index (κ3) is 4.81. The van der Waals surface area contributed by atoms with Crippen LogP contribution in [-0.2, 0) is 11.2 Å². The summed E-state index contributed by atoms with van der Waals surface area (Å²) in [6.07, 6.45) is 0.320. The van der Waals surface area contributed by atoms with E-state index in [9.17, 15) is 4.79 Å². The van der Waals surface area contributed by atoms with Crippen molar-refractivity contribution in [1.29, 1.82) is 0 Å². The lowest BCUT2D eigenvalue weighted by Gasteiger charge is -2.19. The van der Waals surface area contributed by atoms with Crippen molar-refractivity contribution in [1.82, 2.24) is 0 Å². The Hall–Kier alpha value is -4.05. The molecule has 0 unspecified atom stereocenters. The highest BCUT2D eigenvalue weighted by molar-refractivity contribution is 5.92. The Morgan fingerprint density at radius 1 is 0.735 bits per heavy atom. The average molecular weight is 450 g/mol. The summed E-state index contributed by atoms with van der Waals surface area (Å²) in [7, 11) is 0. The van der Waals surface area contributed by atoms with Gasteiger partial charge in [-0.05, 0) is 71.5 Å². The number of ether oxygens (including phenoxy) is 2. The zero-order valence-corrected chi connectivity index (χ0v) is 19.4. The smallest absolute Gasteiger partial charge is 0.228 e. The van der Waals surface area contributed by atoms with E-state index in [2.05, 4.69) is 49.5 Å². The molecule has 0 spiro atoms. The maximum absolute atomic E-state index is 12.6. The summed E-state index contributed by atoms with van der Waals surface area (Å²) in [5.41, 5.74) is 8.75. The minimum absolute atomic E-state index is 0.0358. The van der Waals surface area contributed by atoms with Gasteiger partial charge in [0, 0.05) is 5.69 Å². The molecule has 0 aliphatic carbocycles. The average Bonchev–Trinajstić information content (AvgIpc) is 2.85. The predicted octanol–water partition coefficient (Wildman–Crippen LogP) is 6.59. The highest BCUT2D eigenvalue weighted by Crippen LogP contribution is 2.34. The lowest BCUT2D eigenvalue weighted by molar-refractivity contribution is -0.115. The van der Waals surface area contributed by atoms with Crippen molar-refractivity contribution in [2.75, 3.05) is 18.5 Å². The van der Waals surface area contributed by atoms with Crippen LogP contribution in [0.2, 0.25) is 0 Å². The Morgan fingerprint density at radius 3 is 2.15 bits per heavy atom. The van der Waals surface area contributed by atoms with Gasteiger partial charge in [-0.15, -0.1) is 0 Å². The second-order valence-electron chi connectivity index (χ2n) is 8.68. The Kier molecular flexibility index (Phi) is 6.05. The molecule has 0 saturated carbocycles. The van der Waals surface area contributed by atoms with Crippen LogP contribution in [0, 0.1) is 13.8 Å². The maximum atomic E-state index is 12.6. The van der Waals surface area contributed by atoms with Gasteiger partial charge in [-0.2, -0.15) is 0 Å². The van der Waals surface area contributed by atoms with Crippen molar-refractivity contribution in [2.45, 2.75) is 20.3 Å². The predicted molar refractivity (Wildman–Crippen MR) is 137 cm³/mol. The number of amides is 1. The van der Waals surface area contributed by atoms with Gasteiger partial charge in [0.2, 0.25) is 5.91 Å². The van der Waals surface area contributed by atoms with Crippen molar-refractivity contribution in [3.8, 4) is 33.8 Å². The van der Waals surface area contributed by atoms with E-state index in [4.69, 9.17) is 9.47 Å². The van der Waals surface area contributed by atoms with Gasteiger partial charge in [0.05, 0.1) is 6.42 Å². The summed E-state index contributed by atoms with van der Waals surface area (Å²) in [5.74, 6) is 1.52. The largest absolute Gasteiger partial charge is 0.486 e. The Morgan fingerprint density at radius 2 is 1.41 bits per heavy atom. The molecule has 0 saturated heterocycles. The third-order valence-corrected chi connectivity index (χ3v) is 6.06. The van der Waals surface area contributed by atoms with Gasteiger partial charge in [-0.1, -0.05) is 66.2 Å². The number of nitrogens with one attached hydrogen (secondary N) is 1. The maximum Gasteiger partial charge on any atom is 0.228 e. The first kappa shape index (κ1) is 21.8. The van der Waals surface area contributed by atoms with Crippen LogP contribution in [-0.4, -0.2) is 19.1 Å². The van der Waals surface area contributed by atoms with Gasteiger partial charge in [0.15, 0.2) is 11.5 Å². The van der Waals surface area contributed by atoms with E-state index in [1.165, 1.54) is 16.7 Å². The first-order valence-corrected chi connectivity index (χ1v) is 11.5. The summed E-state index contributed by atoms with van der Waals surface area (Å²) < 4.78 is 11.3. The van der Waals surface area contributed by atoms with Crippen LogP contribution < -0.4 is 14.8 Å². The van der Waals surface area contributed by atoms with Crippen LogP contribution in [0.5, 0.6) is 11.5 Å². The zero-order valence-electron chi connectivity index (χ0n) is 19.4. The zero-order chi connectivity index (χ0) is 23.5. The van der Waals surface area contributed by atoms with E-state index in [1.807, 2.05) is 54.6 Å². The molecule has 0 atom stereocenters. The first-order chi connectivity index (χ1) is 16.5. The molecule has 170 valence electrons. The quantitative estimate of drug-likeness (QED) is 0.374. The number of carbonyl (C=O) groups is 1. The van der Waals surface area contributed by atoms with Gasteiger partial charge in [-0.25, -0.2) is 0 Å². The minimum Gasteiger partial charge on any atom is -0.486 e. The molecule has 4 nitrogen and oxygen atoms in total. The van der Waals surface area contributed by atoms with Gasteiger partial charge < -0.3 is 14.8 Å². The molecule has 1 aliphatic heterocycles. The number of hydrogen-bond donors (Lipinski definition) is 1. The van der Waals surface area contributed by atoms with Crippen LogP contribution in [0.1, 0.15) is 16.7 Å². The topological polar surface area (TPSA) is 47.6 Å². The van der Waals surface area contributed by atoms with E-state index in [1.54, 1.807) is 0 Å². The van der Waals surface area contributed by atoms with Gasteiger partial charge >= 0.3 is 0 Å². The summed E-state index contributed by atoms with van der Waals surface area (Å²) in [6, 6.07) is 28.5. The molecule has 1 N–H and O–H groups in total. The number of benzene rings is 4. The van der Waals surface area contributed by atoms with E-state index in [0.29, 0.717) is 19.6 Å². The van der Waals surface area contributed by atoms with E-state index in [0.717, 1.165) is 39.4 Å². The van der Waals surface area contributed by atoms with Crippen molar-refractivity contribution in [3.63, 3.8) is 0 Å². The van der Waals surface area contributed by atoms with Crippen molar-refractivity contribution in [3.05, 3.63) is 102 Å². The molecular formula is C30H27NO3. The van der Waals surface area contributed by atoms with Gasteiger partial charge in [0.1, 0.15) is 13.2 Å². The summed E-state index contributed by atoms with van der Waals surface area (Å²) in [6.45, 7) is 5.37. The van der Waals surface area contributed by atoms with Crippen molar-refractivity contribution < 1.29 is 14.3 Å². The molecule has 34 heavy (non-hydrogen) atoms. The number of aryl methyl sites for hydroxylation is 2. The fourth-order valence-electron chi connectivity index (χ4n) is 4.30. The van der Waals surface area contributed by atoms with Crippen molar-refractivity contribution >= 4 is 11.6 Å². The molecule has 1 amide bonds. The summed E-state index contributed by atoms with van der Waals surface area (Å²) in [4.78, 5) is 12.6. The third-order valence-electron chi connectivity index (χ3n) is 6.06. The van der Waals surface area contributed by atoms with Crippen molar-refractivity contribution in [2.24, 2.45) is 0 Å². The fourth-order valence-corrected chi connectivity index (χ4v) is 4.30. The highest BCUT2D eigenvalue weighted by atomic mass is 16.6. The van der Waals surface area contributed by atoms with E-state index >= 15 is 0 Å². The SMILES string of the molecule is Cc1ccc(-c2ccc(NC(=O)Cc3ccc(-c4ccc5c(c4)OCCO5)cc3)cc2)c(C)c1. The molecule has 0 fully saturated rings. The number of hydrogen-bond acceptors (Lipinski definition) is 3. The minimum atomic E-state index is -0.0358. The van der Waals surface area contributed by atoms with Crippen LogP contribution in [0.4, 0.5) is 5.69 Å². The Balaban J connectivity index is 1.22. The Labute approximate surface area is 200 Å². The number of fused-ring (bicyclic) bond motifs is 1. The van der Waals surface area contributed by atoms with Crippen LogP contribution >= 0.6 is 0 Å². The normalized spacial score (nSPS) is 12.3. The van der Waals surface area contributed by atoms with E-state index < -0.39 is 0 Å². The standard InChI is InChI=1S/C30H27NO3/c1-20-3-13-27(21(2)17-20)24-8-11-26(12-9-24)31-30(32)18-22-4-6-23(7-5-22)25-10-14-28-29(19-25)34-16-15-33-28/h3-14,17,19H,15-16,18H2,1-2H3,(H,31,32). The lowest BCUT2D eigenvalue weighted by atomic mass is 9.98. The molecule has 4 aromatic carbocycles. The first-order valence-electron chi connectivity index (χ1n) is 11.5. The molecule has 4 aromatic rings. The molecule has 0 bridgehead atoms. The molecule has 0 radical (unpaired) electrons. The summed E-state index contributed by atoms with van der Waals surface area (Å²) in [5, 5.41) is 3.00. The highest BCUT2D eigenvalue weighted by Gasteiger charge is 2.13. The molecule has 1 heterocycles. The molecular weight excluding hydrogens is 422 g/mol. The number of rotatable bonds is 5. The second kappa shape index (κ2) is 9.44. The molecule has 5 rings (SSSR count). The number of anilines is 1. The lowest BCUT2D eigenvalue weighted by Crippen LogP contribution is -2.15. The van der Waals surface area contributed by atoms with Crippen LogP contribution in [0.15, 0.2) is 84.9 Å². The van der Waals surface area contributed by atoms with Crippen LogP contribution in [0.25, 0.3) is 22.3 Å².